The molecule has 88 valence electrons. The van der Waals surface area contributed by atoms with Crippen molar-refractivity contribution in [3.05, 3.63) is 18.3 Å². The number of rotatable bonds is 3. The van der Waals surface area contributed by atoms with Crippen LogP contribution in [0.1, 0.15) is 33.1 Å². The van der Waals surface area contributed by atoms with Crippen molar-refractivity contribution < 1.29 is 4.74 Å². The van der Waals surface area contributed by atoms with E-state index >= 15 is 0 Å². The normalized spacial score (nSPS) is 16.6. The molecule has 0 spiro atoms. The number of hydrogen-bond acceptors (Lipinski definition) is 3. The lowest BCUT2D eigenvalue weighted by Gasteiger charge is -2.28. The Hall–Kier alpha value is -1.25. The van der Waals surface area contributed by atoms with Gasteiger partial charge in [-0.25, -0.2) is 4.98 Å². The second-order valence-corrected chi connectivity index (χ2v) is 4.57. The predicted molar refractivity (Wildman–Crippen MR) is 66.1 cm³/mol. The van der Waals surface area contributed by atoms with Gasteiger partial charge in [0, 0.05) is 19.2 Å². The lowest BCUT2D eigenvalue weighted by molar-refractivity contribution is 0.232. The first-order valence-electron chi connectivity index (χ1n) is 6.13. The molecule has 0 atom stereocenters. The summed E-state index contributed by atoms with van der Waals surface area (Å²) < 4.78 is 5.53. The maximum absolute atomic E-state index is 5.53. The monoisotopic (exact) mass is 220 g/mol. The SMILES string of the molecule is CC(C)Oc1ccc(N2CCCCC2)cn1. The minimum absolute atomic E-state index is 0.188. The summed E-state index contributed by atoms with van der Waals surface area (Å²) in [6.45, 7) is 6.35. The van der Waals surface area contributed by atoms with Crippen LogP contribution < -0.4 is 9.64 Å². The van der Waals surface area contributed by atoms with Crippen molar-refractivity contribution in [3.8, 4) is 5.88 Å². The summed E-state index contributed by atoms with van der Waals surface area (Å²) in [5.41, 5.74) is 1.22. The standard InChI is InChI=1S/C13H20N2O/c1-11(2)16-13-7-6-12(10-14-13)15-8-4-3-5-9-15/h6-7,10-11H,3-5,8-9H2,1-2H3. The molecule has 1 aromatic rings. The molecule has 0 aliphatic carbocycles. The third kappa shape index (κ3) is 2.87. The van der Waals surface area contributed by atoms with Crippen molar-refractivity contribution in [2.75, 3.05) is 18.0 Å². The second kappa shape index (κ2) is 5.19. The summed E-state index contributed by atoms with van der Waals surface area (Å²) in [5, 5.41) is 0. The van der Waals surface area contributed by atoms with E-state index in [2.05, 4.69) is 16.0 Å². The summed E-state index contributed by atoms with van der Waals surface area (Å²) in [7, 11) is 0. The fraction of sp³-hybridized carbons (Fsp3) is 0.615. The van der Waals surface area contributed by atoms with Crippen LogP contribution in [-0.4, -0.2) is 24.2 Å². The first kappa shape index (κ1) is 11.2. The Balaban J connectivity index is 2.00. The summed E-state index contributed by atoms with van der Waals surface area (Å²) >= 11 is 0. The summed E-state index contributed by atoms with van der Waals surface area (Å²) in [6.07, 6.45) is 6.06. The van der Waals surface area contributed by atoms with E-state index in [9.17, 15) is 0 Å². The fourth-order valence-corrected chi connectivity index (χ4v) is 2.02. The van der Waals surface area contributed by atoms with Gasteiger partial charge in [0.25, 0.3) is 0 Å². The Morgan fingerprint density at radius 3 is 2.50 bits per heavy atom. The third-order valence-electron chi connectivity index (χ3n) is 2.80. The van der Waals surface area contributed by atoms with E-state index in [0.29, 0.717) is 0 Å². The van der Waals surface area contributed by atoms with Gasteiger partial charge in [-0.15, -0.1) is 0 Å². The van der Waals surface area contributed by atoms with Gasteiger partial charge in [-0.2, -0.15) is 0 Å². The van der Waals surface area contributed by atoms with Crippen LogP contribution in [-0.2, 0) is 0 Å². The molecule has 0 amide bonds. The zero-order chi connectivity index (χ0) is 11.4. The van der Waals surface area contributed by atoms with Crippen LogP contribution in [0.5, 0.6) is 5.88 Å². The van der Waals surface area contributed by atoms with E-state index in [-0.39, 0.29) is 6.10 Å². The maximum Gasteiger partial charge on any atom is 0.213 e. The predicted octanol–water partition coefficient (Wildman–Crippen LogP) is 2.86. The number of nitrogens with zero attached hydrogens (tertiary/aromatic N) is 2. The Bertz CT molecular complexity index is 315. The van der Waals surface area contributed by atoms with Crippen molar-refractivity contribution in [1.82, 2.24) is 4.98 Å². The molecule has 0 saturated carbocycles. The Morgan fingerprint density at radius 1 is 1.19 bits per heavy atom. The minimum Gasteiger partial charge on any atom is -0.475 e. The van der Waals surface area contributed by atoms with Gasteiger partial charge >= 0.3 is 0 Å². The molecule has 2 rings (SSSR count). The van der Waals surface area contributed by atoms with E-state index < -0.39 is 0 Å². The van der Waals surface area contributed by atoms with E-state index in [0.717, 1.165) is 19.0 Å². The van der Waals surface area contributed by atoms with Crippen LogP contribution in [0.2, 0.25) is 0 Å². The second-order valence-electron chi connectivity index (χ2n) is 4.57. The zero-order valence-corrected chi connectivity index (χ0v) is 10.1. The molecular formula is C13H20N2O. The molecular weight excluding hydrogens is 200 g/mol. The van der Waals surface area contributed by atoms with Crippen LogP contribution in [0.15, 0.2) is 18.3 Å². The molecule has 1 saturated heterocycles. The highest BCUT2D eigenvalue weighted by Crippen LogP contribution is 2.20. The van der Waals surface area contributed by atoms with Gasteiger partial charge in [-0.3, -0.25) is 0 Å². The summed E-state index contributed by atoms with van der Waals surface area (Å²) in [4.78, 5) is 6.73. The highest BCUT2D eigenvalue weighted by molar-refractivity contribution is 5.45. The lowest BCUT2D eigenvalue weighted by atomic mass is 10.1. The van der Waals surface area contributed by atoms with Crippen molar-refractivity contribution in [2.24, 2.45) is 0 Å². The molecule has 1 aliphatic heterocycles. The van der Waals surface area contributed by atoms with Crippen LogP contribution in [0, 0.1) is 0 Å². The smallest absolute Gasteiger partial charge is 0.213 e. The third-order valence-corrected chi connectivity index (χ3v) is 2.80. The minimum atomic E-state index is 0.188. The van der Waals surface area contributed by atoms with Crippen LogP contribution >= 0.6 is 0 Å². The lowest BCUT2D eigenvalue weighted by Crippen LogP contribution is -2.29. The Morgan fingerprint density at radius 2 is 1.94 bits per heavy atom. The number of ether oxygens (including phenoxy) is 1. The molecule has 3 nitrogen and oxygen atoms in total. The molecule has 2 heterocycles. The highest BCUT2D eigenvalue weighted by atomic mass is 16.5. The number of pyridine rings is 1. The van der Waals surface area contributed by atoms with Crippen LogP contribution in [0.4, 0.5) is 5.69 Å². The Labute approximate surface area is 97.4 Å². The van der Waals surface area contributed by atoms with Gasteiger partial charge in [-0.05, 0) is 39.2 Å². The largest absolute Gasteiger partial charge is 0.475 e. The van der Waals surface area contributed by atoms with Gasteiger partial charge in [0.1, 0.15) is 0 Å². The molecule has 1 aliphatic rings. The Kier molecular flexibility index (Phi) is 3.65. The molecule has 1 aromatic heterocycles. The molecule has 0 unspecified atom stereocenters. The summed E-state index contributed by atoms with van der Waals surface area (Å²) in [5.74, 6) is 0.718. The average Bonchev–Trinajstić information content (AvgIpc) is 2.30. The van der Waals surface area contributed by atoms with Crippen molar-refractivity contribution in [2.45, 2.75) is 39.2 Å². The topological polar surface area (TPSA) is 25.4 Å². The van der Waals surface area contributed by atoms with E-state index in [4.69, 9.17) is 4.74 Å². The van der Waals surface area contributed by atoms with Gasteiger partial charge in [-0.1, -0.05) is 0 Å². The number of hydrogen-bond donors (Lipinski definition) is 0. The highest BCUT2D eigenvalue weighted by Gasteiger charge is 2.11. The first-order chi connectivity index (χ1) is 7.75. The van der Waals surface area contributed by atoms with E-state index in [1.165, 1.54) is 24.9 Å². The van der Waals surface area contributed by atoms with Gasteiger partial charge in [0.05, 0.1) is 18.0 Å². The van der Waals surface area contributed by atoms with Gasteiger partial charge < -0.3 is 9.64 Å². The summed E-state index contributed by atoms with van der Waals surface area (Å²) in [6, 6.07) is 4.07. The maximum atomic E-state index is 5.53. The molecule has 0 N–H and O–H groups in total. The number of anilines is 1. The molecule has 0 bridgehead atoms. The average molecular weight is 220 g/mol. The van der Waals surface area contributed by atoms with Gasteiger partial charge in [0.2, 0.25) is 5.88 Å². The fourth-order valence-electron chi connectivity index (χ4n) is 2.02. The molecule has 1 fully saturated rings. The molecule has 0 radical (unpaired) electrons. The zero-order valence-electron chi connectivity index (χ0n) is 10.1. The van der Waals surface area contributed by atoms with Crippen molar-refractivity contribution >= 4 is 5.69 Å². The van der Waals surface area contributed by atoms with Crippen LogP contribution in [0.3, 0.4) is 0 Å². The van der Waals surface area contributed by atoms with Crippen molar-refractivity contribution in [3.63, 3.8) is 0 Å². The molecule has 16 heavy (non-hydrogen) atoms. The van der Waals surface area contributed by atoms with E-state index in [1.807, 2.05) is 26.1 Å². The van der Waals surface area contributed by atoms with E-state index in [1.54, 1.807) is 0 Å². The number of piperidine rings is 1. The quantitative estimate of drug-likeness (QED) is 0.783. The first-order valence-corrected chi connectivity index (χ1v) is 6.13. The molecule has 3 heteroatoms. The van der Waals surface area contributed by atoms with Gasteiger partial charge in [0.15, 0.2) is 0 Å². The van der Waals surface area contributed by atoms with Crippen molar-refractivity contribution in [1.29, 1.82) is 0 Å². The molecule has 0 aromatic carbocycles. The van der Waals surface area contributed by atoms with Crippen LogP contribution in [0.25, 0.3) is 0 Å². The number of aromatic nitrogens is 1.